The summed E-state index contributed by atoms with van der Waals surface area (Å²) in [5.41, 5.74) is 9.65. The minimum Gasteiger partial charge on any atom is -0.391 e. The third-order valence-corrected chi connectivity index (χ3v) is 5.93. The van der Waals surface area contributed by atoms with Gasteiger partial charge in [0.05, 0.1) is 12.4 Å². The van der Waals surface area contributed by atoms with Crippen LogP contribution in [0.1, 0.15) is 19.8 Å². The Kier molecular flexibility index (Phi) is 5.23. The van der Waals surface area contributed by atoms with Crippen molar-refractivity contribution in [3.8, 4) is 0 Å². The number of aliphatic hydroxyl groups excluding tert-OH is 1. The van der Waals surface area contributed by atoms with Crippen molar-refractivity contribution in [3.05, 3.63) is 22.9 Å². The number of nitrogens with two attached hydrogens (primary N) is 1. The molecule has 3 aliphatic rings. The maximum absolute atomic E-state index is 10.3. The first-order valence-corrected chi connectivity index (χ1v) is 9.29. The van der Waals surface area contributed by atoms with Gasteiger partial charge in [-0.15, -0.1) is 0 Å². The Labute approximate surface area is 136 Å². The SMILES string of the molecule is CCCSCC1CN(CC2=CCC3=C2NC=NC3N)CC1O. The average Bonchev–Trinajstić information content (AvgIpc) is 3.05. The van der Waals surface area contributed by atoms with Crippen molar-refractivity contribution in [1.29, 1.82) is 0 Å². The maximum atomic E-state index is 10.3. The number of rotatable bonds is 6. The van der Waals surface area contributed by atoms with Crippen LogP contribution in [0.5, 0.6) is 0 Å². The zero-order chi connectivity index (χ0) is 15.5. The van der Waals surface area contributed by atoms with Crippen LogP contribution in [0.3, 0.4) is 0 Å². The number of hydrogen-bond donors (Lipinski definition) is 3. The average molecular weight is 322 g/mol. The first-order valence-electron chi connectivity index (χ1n) is 8.13. The molecule has 3 rings (SSSR count). The maximum Gasteiger partial charge on any atom is 0.123 e. The van der Waals surface area contributed by atoms with E-state index in [0.29, 0.717) is 5.92 Å². The molecule has 1 fully saturated rings. The van der Waals surface area contributed by atoms with E-state index in [1.54, 1.807) is 6.34 Å². The summed E-state index contributed by atoms with van der Waals surface area (Å²) in [4.78, 5) is 6.56. The Morgan fingerprint density at radius 3 is 3.18 bits per heavy atom. The molecule has 22 heavy (non-hydrogen) atoms. The zero-order valence-corrected chi connectivity index (χ0v) is 14.0. The van der Waals surface area contributed by atoms with Crippen molar-refractivity contribution in [2.45, 2.75) is 32.0 Å². The van der Waals surface area contributed by atoms with E-state index in [9.17, 15) is 5.11 Å². The summed E-state index contributed by atoms with van der Waals surface area (Å²) in [6, 6.07) is 0. The lowest BCUT2D eigenvalue weighted by atomic mass is 10.1. The summed E-state index contributed by atoms with van der Waals surface area (Å²) < 4.78 is 0. The monoisotopic (exact) mass is 322 g/mol. The largest absolute Gasteiger partial charge is 0.391 e. The van der Waals surface area contributed by atoms with Gasteiger partial charge in [0.1, 0.15) is 6.17 Å². The van der Waals surface area contributed by atoms with Gasteiger partial charge in [0.15, 0.2) is 0 Å². The summed E-state index contributed by atoms with van der Waals surface area (Å²) in [6.07, 6.45) is 5.65. The third-order valence-electron chi connectivity index (χ3n) is 4.57. The topological polar surface area (TPSA) is 73.9 Å². The predicted octanol–water partition coefficient (Wildman–Crippen LogP) is 0.923. The molecule has 3 unspecified atom stereocenters. The van der Waals surface area contributed by atoms with Crippen LogP contribution in [0.15, 0.2) is 27.9 Å². The van der Waals surface area contributed by atoms with Crippen LogP contribution in [-0.4, -0.2) is 59.8 Å². The van der Waals surface area contributed by atoms with Crippen LogP contribution in [0.2, 0.25) is 0 Å². The predicted molar refractivity (Wildman–Crippen MR) is 92.9 cm³/mol. The van der Waals surface area contributed by atoms with Crippen LogP contribution < -0.4 is 11.1 Å². The lowest BCUT2D eigenvalue weighted by molar-refractivity contribution is 0.151. The number of thioether (sulfide) groups is 1. The van der Waals surface area contributed by atoms with Gasteiger partial charge >= 0.3 is 0 Å². The molecule has 122 valence electrons. The molecule has 0 aromatic carbocycles. The highest BCUT2D eigenvalue weighted by Gasteiger charge is 2.33. The van der Waals surface area contributed by atoms with Crippen molar-refractivity contribution >= 4 is 18.1 Å². The molecule has 5 nitrogen and oxygen atoms in total. The second-order valence-electron chi connectivity index (χ2n) is 6.30. The molecule has 0 aromatic rings. The van der Waals surface area contributed by atoms with Crippen LogP contribution in [0.4, 0.5) is 0 Å². The van der Waals surface area contributed by atoms with Gasteiger partial charge in [0.25, 0.3) is 0 Å². The Balaban J connectivity index is 1.54. The molecule has 0 amide bonds. The van der Waals surface area contributed by atoms with Gasteiger partial charge in [-0.25, -0.2) is 0 Å². The normalized spacial score (nSPS) is 31.4. The van der Waals surface area contributed by atoms with Crippen molar-refractivity contribution < 1.29 is 5.11 Å². The zero-order valence-electron chi connectivity index (χ0n) is 13.2. The summed E-state index contributed by atoms with van der Waals surface area (Å²) in [7, 11) is 0. The van der Waals surface area contributed by atoms with E-state index in [1.807, 2.05) is 11.8 Å². The molecule has 0 radical (unpaired) electrons. The number of nitrogens with zero attached hydrogens (tertiary/aromatic N) is 2. The van der Waals surface area contributed by atoms with Crippen molar-refractivity contribution in [2.24, 2.45) is 16.6 Å². The molecule has 0 saturated carbocycles. The Morgan fingerprint density at radius 2 is 2.36 bits per heavy atom. The van der Waals surface area contributed by atoms with Gasteiger partial charge < -0.3 is 16.2 Å². The molecule has 0 aromatic heterocycles. The highest BCUT2D eigenvalue weighted by Crippen LogP contribution is 2.30. The second-order valence-corrected chi connectivity index (χ2v) is 7.45. The minimum absolute atomic E-state index is 0.192. The number of likely N-dealkylation sites (tertiary alicyclic amines) is 1. The number of hydrogen-bond acceptors (Lipinski definition) is 6. The van der Waals surface area contributed by atoms with E-state index in [0.717, 1.165) is 37.5 Å². The van der Waals surface area contributed by atoms with E-state index in [1.165, 1.54) is 23.3 Å². The fourth-order valence-electron chi connectivity index (χ4n) is 3.37. The lowest BCUT2D eigenvalue weighted by Gasteiger charge is -2.22. The Hall–Kier alpha value is -0.820. The van der Waals surface area contributed by atoms with Crippen LogP contribution in [0, 0.1) is 5.92 Å². The summed E-state index contributed by atoms with van der Waals surface area (Å²) >= 11 is 1.96. The minimum atomic E-state index is -0.202. The van der Waals surface area contributed by atoms with Gasteiger partial charge in [0.2, 0.25) is 0 Å². The Morgan fingerprint density at radius 1 is 1.50 bits per heavy atom. The van der Waals surface area contributed by atoms with Gasteiger partial charge in [0, 0.05) is 31.2 Å². The highest BCUT2D eigenvalue weighted by atomic mass is 32.2. The van der Waals surface area contributed by atoms with E-state index in [4.69, 9.17) is 5.73 Å². The quantitative estimate of drug-likeness (QED) is 0.634. The van der Waals surface area contributed by atoms with E-state index in [2.05, 4.69) is 28.2 Å². The van der Waals surface area contributed by atoms with Gasteiger partial charge in [-0.1, -0.05) is 13.0 Å². The number of aliphatic hydroxyl groups is 1. The highest BCUT2D eigenvalue weighted by molar-refractivity contribution is 7.99. The molecule has 2 heterocycles. The van der Waals surface area contributed by atoms with Gasteiger partial charge in [-0.05, 0) is 35.5 Å². The van der Waals surface area contributed by atoms with Crippen molar-refractivity contribution in [2.75, 3.05) is 31.1 Å². The lowest BCUT2D eigenvalue weighted by Crippen LogP contribution is -2.32. The number of nitrogens with one attached hydrogen (secondary N) is 1. The van der Waals surface area contributed by atoms with E-state index < -0.39 is 0 Å². The van der Waals surface area contributed by atoms with E-state index in [-0.39, 0.29) is 12.3 Å². The summed E-state index contributed by atoms with van der Waals surface area (Å²) in [6.45, 7) is 4.85. The number of allylic oxidation sites excluding steroid dienone is 1. The van der Waals surface area contributed by atoms with Crippen LogP contribution in [-0.2, 0) is 0 Å². The van der Waals surface area contributed by atoms with Crippen molar-refractivity contribution in [1.82, 2.24) is 10.2 Å². The van der Waals surface area contributed by atoms with Gasteiger partial charge in [-0.3, -0.25) is 9.89 Å². The smallest absolute Gasteiger partial charge is 0.123 e. The molecule has 1 saturated heterocycles. The fourth-order valence-corrected chi connectivity index (χ4v) is 4.45. The molecule has 2 aliphatic heterocycles. The number of aliphatic imine (C=N–C) groups is 1. The molecule has 0 bridgehead atoms. The molecule has 1 aliphatic carbocycles. The van der Waals surface area contributed by atoms with Crippen molar-refractivity contribution in [3.63, 3.8) is 0 Å². The molecule has 0 spiro atoms. The first-order chi connectivity index (χ1) is 10.7. The second kappa shape index (κ2) is 7.17. The summed E-state index contributed by atoms with van der Waals surface area (Å²) in [5.74, 6) is 2.65. The van der Waals surface area contributed by atoms with Crippen LogP contribution in [0.25, 0.3) is 0 Å². The molecule has 3 atom stereocenters. The first kappa shape index (κ1) is 16.1. The molecule has 6 heteroatoms. The fraction of sp³-hybridized carbons (Fsp3) is 0.688. The standard InChI is InChI=1S/C16H26N4OS/c1-2-5-22-9-12-7-20(8-14(12)21)6-11-3-4-13-15(11)18-10-19-16(13)17/h3,10,12,14,16,21H,2,4-9,17H2,1H3,(H,18,19). The molecular formula is C16H26N4OS. The van der Waals surface area contributed by atoms with Gasteiger partial charge in [-0.2, -0.15) is 11.8 Å². The summed E-state index contributed by atoms with van der Waals surface area (Å²) in [5, 5.41) is 13.5. The van der Waals surface area contributed by atoms with E-state index >= 15 is 0 Å². The number of β-amino-alcohol motifs (C(OH)–C–C–N with tert-alkyl or cyclic N) is 1. The molecular weight excluding hydrogens is 296 g/mol. The van der Waals surface area contributed by atoms with Crippen LogP contribution >= 0.6 is 11.8 Å². The Bertz CT molecular complexity index is 502. The molecule has 4 N–H and O–H groups in total. The third kappa shape index (κ3) is 3.40.